The molecule has 6 heteroatoms. The number of nitrogens with two attached hydrogens (primary N) is 1. The van der Waals surface area contributed by atoms with Crippen LogP contribution in [0.2, 0.25) is 0 Å². The maximum absolute atomic E-state index is 11.9. The van der Waals surface area contributed by atoms with Crippen molar-refractivity contribution < 1.29 is 24.3 Å². The lowest BCUT2D eigenvalue weighted by Crippen LogP contribution is -2.11. The zero-order valence-electron chi connectivity index (χ0n) is 11.0. The fourth-order valence-corrected chi connectivity index (χ4v) is 1.73. The number of hydrogen-bond acceptors (Lipinski definition) is 5. The van der Waals surface area contributed by atoms with Crippen LogP contribution in [0.15, 0.2) is 48.5 Å². The second-order valence-corrected chi connectivity index (χ2v) is 4.20. The minimum atomic E-state index is -1.24. The van der Waals surface area contributed by atoms with Gasteiger partial charge in [-0.1, -0.05) is 30.3 Å². The van der Waals surface area contributed by atoms with Crippen LogP contribution in [0.4, 0.5) is 0 Å². The largest absolute Gasteiger partial charge is 0.478 e. The Hall–Kier alpha value is -2.86. The number of carboxylic acid groups (broad SMARTS) is 1. The average molecular weight is 287 g/mol. The third-order valence-corrected chi connectivity index (χ3v) is 2.79. The minimum absolute atomic E-state index is 0.0258. The highest BCUT2D eigenvalue weighted by molar-refractivity contribution is 5.96. The molecule has 2 aromatic rings. The van der Waals surface area contributed by atoms with Crippen molar-refractivity contribution in [2.75, 3.05) is 0 Å². The van der Waals surface area contributed by atoms with Crippen LogP contribution in [0.5, 0.6) is 5.75 Å². The molecular weight excluding hydrogens is 274 g/mol. The van der Waals surface area contributed by atoms with Crippen LogP contribution >= 0.6 is 0 Å². The lowest BCUT2D eigenvalue weighted by atomic mass is 10.1. The highest BCUT2D eigenvalue weighted by atomic mass is 16.6. The van der Waals surface area contributed by atoms with Crippen LogP contribution in [-0.4, -0.2) is 17.0 Å². The Kier molecular flexibility index (Phi) is 4.53. The fraction of sp³-hybridized carbons (Fsp3) is 0.0667. The number of esters is 1. The highest BCUT2D eigenvalue weighted by Crippen LogP contribution is 2.20. The molecule has 2 aromatic carbocycles. The van der Waals surface area contributed by atoms with Gasteiger partial charge in [-0.2, -0.15) is 5.90 Å². The van der Waals surface area contributed by atoms with E-state index in [1.807, 2.05) is 30.3 Å². The van der Waals surface area contributed by atoms with E-state index < -0.39 is 11.9 Å². The van der Waals surface area contributed by atoms with Crippen LogP contribution < -0.4 is 10.7 Å². The maximum Gasteiger partial charge on any atom is 0.339 e. The van der Waals surface area contributed by atoms with Gasteiger partial charge in [0.2, 0.25) is 0 Å². The lowest BCUT2D eigenvalue weighted by Gasteiger charge is -2.08. The van der Waals surface area contributed by atoms with E-state index >= 15 is 0 Å². The van der Waals surface area contributed by atoms with Gasteiger partial charge in [-0.25, -0.2) is 9.59 Å². The van der Waals surface area contributed by atoms with Gasteiger partial charge in [-0.15, -0.1) is 0 Å². The minimum Gasteiger partial charge on any atom is -0.478 e. The van der Waals surface area contributed by atoms with Crippen molar-refractivity contribution in [3.63, 3.8) is 0 Å². The summed E-state index contributed by atoms with van der Waals surface area (Å²) in [6.45, 7) is 0.108. The molecule has 0 unspecified atom stereocenters. The molecule has 0 atom stereocenters. The smallest absolute Gasteiger partial charge is 0.339 e. The van der Waals surface area contributed by atoms with Gasteiger partial charge < -0.3 is 14.7 Å². The maximum atomic E-state index is 11.9. The van der Waals surface area contributed by atoms with Gasteiger partial charge in [-0.3, -0.25) is 0 Å². The molecular formula is C15H13NO5. The molecule has 0 fully saturated rings. The summed E-state index contributed by atoms with van der Waals surface area (Å²) in [5.74, 6) is 3.08. The van der Waals surface area contributed by atoms with Crippen LogP contribution in [0.1, 0.15) is 26.3 Å². The van der Waals surface area contributed by atoms with Gasteiger partial charge in [0.25, 0.3) is 0 Å². The first kappa shape index (κ1) is 14.5. The molecule has 0 amide bonds. The lowest BCUT2D eigenvalue weighted by molar-refractivity contribution is 0.0472. The normalized spacial score (nSPS) is 9.95. The first-order chi connectivity index (χ1) is 10.1. The number of carboxylic acids is 1. The van der Waals surface area contributed by atoms with Crippen LogP contribution in [0.25, 0.3) is 0 Å². The van der Waals surface area contributed by atoms with E-state index in [-0.39, 0.29) is 23.5 Å². The van der Waals surface area contributed by atoms with E-state index in [9.17, 15) is 9.59 Å². The second kappa shape index (κ2) is 6.53. The number of ether oxygens (including phenoxy) is 1. The van der Waals surface area contributed by atoms with Crippen molar-refractivity contribution in [2.45, 2.75) is 6.61 Å². The van der Waals surface area contributed by atoms with E-state index in [2.05, 4.69) is 4.84 Å². The molecule has 0 radical (unpaired) electrons. The van der Waals surface area contributed by atoms with Crippen molar-refractivity contribution >= 4 is 11.9 Å². The predicted molar refractivity (Wildman–Crippen MR) is 73.8 cm³/mol. The topological polar surface area (TPSA) is 98.9 Å². The molecule has 0 saturated carbocycles. The Balaban J connectivity index is 2.12. The molecule has 0 aliphatic carbocycles. The summed E-state index contributed by atoms with van der Waals surface area (Å²) in [4.78, 5) is 27.4. The standard InChI is InChI=1S/C15H13NO5/c16-21-13-7-6-11(8-12(13)14(17)18)15(19)20-9-10-4-2-1-3-5-10/h1-8H,9,16H2,(H,17,18). The van der Waals surface area contributed by atoms with Gasteiger partial charge in [0.05, 0.1) is 5.56 Å². The monoisotopic (exact) mass is 287 g/mol. The summed E-state index contributed by atoms with van der Waals surface area (Å²) in [5.41, 5.74) is 0.752. The number of carbonyl (C=O) groups is 2. The Labute approximate surface area is 120 Å². The molecule has 0 saturated heterocycles. The zero-order valence-corrected chi connectivity index (χ0v) is 11.0. The molecule has 0 aromatic heterocycles. The molecule has 3 N–H and O–H groups in total. The van der Waals surface area contributed by atoms with E-state index in [0.717, 1.165) is 11.6 Å². The fourth-order valence-electron chi connectivity index (χ4n) is 1.73. The predicted octanol–water partition coefficient (Wildman–Crippen LogP) is 1.99. The van der Waals surface area contributed by atoms with Crippen LogP contribution in [0.3, 0.4) is 0 Å². The zero-order chi connectivity index (χ0) is 15.2. The first-order valence-electron chi connectivity index (χ1n) is 6.07. The van der Waals surface area contributed by atoms with Crippen molar-refractivity contribution in [1.82, 2.24) is 0 Å². The SMILES string of the molecule is NOc1ccc(C(=O)OCc2ccccc2)cc1C(=O)O. The van der Waals surface area contributed by atoms with Gasteiger partial charge >= 0.3 is 11.9 Å². The number of benzene rings is 2. The Morgan fingerprint density at radius 2 is 1.81 bits per heavy atom. The summed E-state index contributed by atoms with van der Waals surface area (Å²) < 4.78 is 5.12. The third kappa shape index (κ3) is 3.58. The molecule has 2 rings (SSSR count). The van der Waals surface area contributed by atoms with Crippen LogP contribution in [0, 0.1) is 0 Å². The summed E-state index contributed by atoms with van der Waals surface area (Å²) in [6, 6.07) is 13.0. The van der Waals surface area contributed by atoms with Gasteiger partial charge in [0, 0.05) is 0 Å². The van der Waals surface area contributed by atoms with Crippen molar-refractivity contribution in [2.24, 2.45) is 5.90 Å². The van der Waals surface area contributed by atoms with Crippen molar-refractivity contribution in [1.29, 1.82) is 0 Å². The van der Waals surface area contributed by atoms with E-state index in [4.69, 9.17) is 15.7 Å². The van der Waals surface area contributed by atoms with Gasteiger partial charge in [-0.05, 0) is 23.8 Å². The molecule has 0 bridgehead atoms. The Bertz CT molecular complexity index is 654. The number of carbonyl (C=O) groups excluding carboxylic acids is 1. The highest BCUT2D eigenvalue weighted by Gasteiger charge is 2.16. The average Bonchev–Trinajstić information content (AvgIpc) is 2.52. The van der Waals surface area contributed by atoms with Crippen LogP contribution in [-0.2, 0) is 11.3 Å². The summed E-state index contributed by atoms with van der Waals surface area (Å²) >= 11 is 0. The number of aromatic carboxylic acids is 1. The molecule has 0 aliphatic rings. The van der Waals surface area contributed by atoms with E-state index in [1.54, 1.807) is 0 Å². The third-order valence-electron chi connectivity index (χ3n) is 2.79. The molecule has 0 spiro atoms. The molecule has 21 heavy (non-hydrogen) atoms. The van der Waals surface area contributed by atoms with Crippen molar-refractivity contribution in [3.8, 4) is 5.75 Å². The molecule has 6 nitrogen and oxygen atoms in total. The Morgan fingerprint density at radius 3 is 2.43 bits per heavy atom. The van der Waals surface area contributed by atoms with E-state index in [1.165, 1.54) is 12.1 Å². The van der Waals surface area contributed by atoms with Gasteiger partial charge in [0.15, 0.2) is 5.75 Å². The first-order valence-corrected chi connectivity index (χ1v) is 6.07. The summed E-state index contributed by atoms with van der Waals surface area (Å²) in [6.07, 6.45) is 0. The van der Waals surface area contributed by atoms with E-state index in [0.29, 0.717) is 0 Å². The quantitative estimate of drug-likeness (QED) is 0.644. The molecule has 0 heterocycles. The number of hydrogen-bond donors (Lipinski definition) is 2. The van der Waals surface area contributed by atoms with Crippen molar-refractivity contribution in [3.05, 3.63) is 65.2 Å². The molecule has 108 valence electrons. The second-order valence-electron chi connectivity index (χ2n) is 4.20. The summed E-state index contributed by atoms with van der Waals surface area (Å²) in [7, 11) is 0. The Morgan fingerprint density at radius 1 is 1.10 bits per heavy atom. The summed E-state index contributed by atoms with van der Waals surface area (Å²) in [5, 5.41) is 9.02. The molecule has 0 aliphatic heterocycles. The van der Waals surface area contributed by atoms with Gasteiger partial charge in [0.1, 0.15) is 12.2 Å². The number of rotatable bonds is 5.